The molecule has 32 heavy (non-hydrogen) atoms. The molecule has 4 rings (SSSR count). The SMILES string of the molecule is CC1(C)CN(C(=O)CCl)c2cc(N3C(=O)N(Cc4ccnc(Cl)c4)C(C)(C)C3=O)ccc21. The Bertz CT molecular complexity index is 1130. The van der Waals surface area contributed by atoms with Gasteiger partial charge >= 0.3 is 6.03 Å². The molecule has 1 fully saturated rings. The number of pyridine rings is 1. The second kappa shape index (κ2) is 7.74. The van der Waals surface area contributed by atoms with Crippen molar-refractivity contribution in [2.45, 2.75) is 45.2 Å². The van der Waals surface area contributed by atoms with Crippen LogP contribution < -0.4 is 9.80 Å². The second-order valence-electron chi connectivity index (χ2n) is 9.25. The van der Waals surface area contributed by atoms with Gasteiger partial charge in [0, 0.05) is 30.4 Å². The number of anilines is 2. The molecule has 0 bridgehead atoms. The van der Waals surface area contributed by atoms with E-state index in [-0.39, 0.29) is 29.7 Å². The number of imide groups is 1. The molecule has 7 nitrogen and oxygen atoms in total. The van der Waals surface area contributed by atoms with Crippen molar-refractivity contribution in [1.29, 1.82) is 0 Å². The van der Waals surface area contributed by atoms with E-state index in [9.17, 15) is 14.4 Å². The molecule has 168 valence electrons. The average Bonchev–Trinajstić information content (AvgIpc) is 3.10. The van der Waals surface area contributed by atoms with Gasteiger partial charge in [0.25, 0.3) is 5.91 Å². The Hall–Kier alpha value is -2.64. The van der Waals surface area contributed by atoms with Crippen molar-refractivity contribution in [3.63, 3.8) is 0 Å². The Balaban J connectivity index is 1.72. The lowest BCUT2D eigenvalue weighted by Gasteiger charge is -2.27. The average molecular weight is 475 g/mol. The molecule has 1 aromatic heterocycles. The second-order valence-corrected chi connectivity index (χ2v) is 9.91. The fourth-order valence-corrected chi connectivity index (χ4v) is 4.71. The standard InChI is InChI=1S/C23H24Cl2N4O3/c1-22(2)13-27(19(30)11-24)17-10-15(5-6-16(17)22)29-20(31)23(3,4)28(21(29)32)12-14-7-8-26-18(25)9-14/h5-10H,11-13H2,1-4H3. The predicted octanol–water partition coefficient (Wildman–Crippen LogP) is 4.35. The van der Waals surface area contributed by atoms with Gasteiger partial charge in [0.1, 0.15) is 16.6 Å². The van der Waals surface area contributed by atoms with Gasteiger partial charge in [-0.25, -0.2) is 14.7 Å². The molecular weight excluding hydrogens is 451 g/mol. The van der Waals surface area contributed by atoms with Crippen LogP contribution in [0, 0.1) is 0 Å². The lowest BCUT2D eigenvalue weighted by atomic mass is 9.87. The summed E-state index contributed by atoms with van der Waals surface area (Å²) in [6.07, 6.45) is 1.57. The zero-order chi connectivity index (χ0) is 23.4. The van der Waals surface area contributed by atoms with Crippen LogP contribution in [0.5, 0.6) is 0 Å². The number of nitrogens with zero attached hydrogens (tertiary/aromatic N) is 4. The van der Waals surface area contributed by atoms with Crippen molar-refractivity contribution in [2.75, 3.05) is 22.2 Å². The van der Waals surface area contributed by atoms with Crippen LogP contribution >= 0.6 is 23.2 Å². The van der Waals surface area contributed by atoms with Gasteiger partial charge in [0.15, 0.2) is 0 Å². The minimum Gasteiger partial charge on any atom is -0.310 e. The summed E-state index contributed by atoms with van der Waals surface area (Å²) in [5, 5.41) is 0.320. The fourth-order valence-electron chi connectivity index (χ4n) is 4.37. The topological polar surface area (TPSA) is 73.8 Å². The molecule has 2 aromatic rings. The number of alkyl halides is 1. The Morgan fingerprint density at radius 1 is 1.12 bits per heavy atom. The van der Waals surface area contributed by atoms with Crippen LogP contribution in [0.15, 0.2) is 36.5 Å². The van der Waals surface area contributed by atoms with E-state index in [1.807, 2.05) is 19.9 Å². The largest absolute Gasteiger partial charge is 0.332 e. The summed E-state index contributed by atoms with van der Waals surface area (Å²) in [6, 6.07) is 8.37. The highest BCUT2D eigenvalue weighted by Gasteiger charge is 2.52. The minimum atomic E-state index is -1.06. The predicted molar refractivity (Wildman–Crippen MR) is 124 cm³/mol. The number of fused-ring (bicyclic) bond motifs is 1. The smallest absolute Gasteiger partial charge is 0.310 e. The van der Waals surface area contributed by atoms with Crippen LogP contribution in [0.2, 0.25) is 5.15 Å². The van der Waals surface area contributed by atoms with Crippen molar-refractivity contribution in [3.05, 3.63) is 52.8 Å². The monoisotopic (exact) mass is 474 g/mol. The van der Waals surface area contributed by atoms with Crippen LogP contribution in [-0.4, -0.2) is 45.7 Å². The molecule has 0 aliphatic carbocycles. The van der Waals surface area contributed by atoms with E-state index in [1.54, 1.807) is 49.2 Å². The van der Waals surface area contributed by atoms with Crippen molar-refractivity contribution in [2.24, 2.45) is 0 Å². The number of halogens is 2. The first kappa shape index (κ1) is 22.6. The molecule has 2 aliphatic rings. The molecule has 0 saturated carbocycles. The summed E-state index contributed by atoms with van der Waals surface area (Å²) >= 11 is 11.8. The Labute approximate surface area is 196 Å². The van der Waals surface area contributed by atoms with Crippen LogP contribution in [0.1, 0.15) is 38.8 Å². The van der Waals surface area contributed by atoms with E-state index in [4.69, 9.17) is 23.2 Å². The first-order valence-electron chi connectivity index (χ1n) is 10.2. The third kappa shape index (κ3) is 3.53. The van der Waals surface area contributed by atoms with Gasteiger partial charge in [-0.05, 0) is 49.2 Å². The van der Waals surface area contributed by atoms with E-state index in [0.717, 1.165) is 11.1 Å². The fraction of sp³-hybridized carbons (Fsp3) is 0.391. The Morgan fingerprint density at radius 2 is 1.84 bits per heavy atom. The first-order valence-corrected chi connectivity index (χ1v) is 11.2. The lowest BCUT2D eigenvalue weighted by Crippen LogP contribution is -2.43. The third-order valence-corrected chi connectivity index (χ3v) is 6.62. The number of rotatable bonds is 4. The minimum absolute atomic E-state index is 0.142. The van der Waals surface area contributed by atoms with Crippen molar-refractivity contribution < 1.29 is 14.4 Å². The van der Waals surface area contributed by atoms with Gasteiger partial charge in [-0.2, -0.15) is 0 Å². The van der Waals surface area contributed by atoms with Crippen molar-refractivity contribution >= 4 is 52.4 Å². The summed E-state index contributed by atoms with van der Waals surface area (Å²) < 4.78 is 0. The van der Waals surface area contributed by atoms with Crippen molar-refractivity contribution in [3.8, 4) is 0 Å². The molecule has 0 radical (unpaired) electrons. The molecule has 0 atom stereocenters. The Morgan fingerprint density at radius 3 is 2.50 bits per heavy atom. The van der Waals surface area contributed by atoms with E-state index in [1.165, 1.54) is 9.80 Å². The molecule has 3 heterocycles. The highest BCUT2D eigenvalue weighted by molar-refractivity contribution is 6.30. The lowest BCUT2D eigenvalue weighted by molar-refractivity contribution is -0.123. The highest BCUT2D eigenvalue weighted by Crippen LogP contribution is 2.44. The molecule has 1 saturated heterocycles. The maximum absolute atomic E-state index is 13.4. The van der Waals surface area contributed by atoms with E-state index >= 15 is 0 Å². The number of carbonyl (C=O) groups excluding carboxylic acids is 3. The van der Waals surface area contributed by atoms with Crippen LogP contribution in [0.3, 0.4) is 0 Å². The van der Waals surface area contributed by atoms with Gasteiger partial charge < -0.3 is 9.80 Å². The molecule has 9 heteroatoms. The maximum atomic E-state index is 13.4. The van der Waals surface area contributed by atoms with Crippen LogP contribution in [0.4, 0.5) is 16.2 Å². The number of carbonyl (C=O) groups is 3. The third-order valence-electron chi connectivity index (χ3n) is 6.18. The zero-order valence-electron chi connectivity index (χ0n) is 18.4. The molecule has 0 N–H and O–H groups in total. The number of hydrogen-bond donors (Lipinski definition) is 0. The number of hydrogen-bond acceptors (Lipinski definition) is 4. The highest BCUT2D eigenvalue weighted by atomic mass is 35.5. The van der Waals surface area contributed by atoms with Crippen LogP contribution in [-0.2, 0) is 21.5 Å². The normalized spacial score (nSPS) is 19.0. The number of urea groups is 1. The van der Waals surface area contributed by atoms with Crippen LogP contribution in [0.25, 0.3) is 0 Å². The summed E-state index contributed by atoms with van der Waals surface area (Å²) in [5.41, 5.74) is 1.53. The van der Waals surface area contributed by atoms with Gasteiger partial charge in [0.05, 0.1) is 5.69 Å². The maximum Gasteiger partial charge on any atom is 0.332 e. The van der Waals surface area contributed by atoms with E-state index in [2.05, 4.69) is 4.98 Å². The molecule has 4 amide bonds. The summed E-state index contributed by atoms with van der Waals surface area (Å²) in [7, 11) is 0. The Kier molecular flexibility index (Phi) is 5.46. The molecule has 0 unspecified atom stereocenters. The van der Waals surface area contributed by atoms with Gasteiger partial charge in [0.2, 0.25) is 5.91 Å². The van der Waals surface area contributed by atoms with E-state index in [0.29, 0.717) is 23.1 Å². The number of amides is 4. The van der Waals surface area contributed by atoms with Crippen molar-refractivity contribution in [1.82, 2.24) is 9.88 Å². The quantitative estimate of drug-likeness (QED) is 0.375. The van der Waals surface area contributed by atoms with Gasteiger partial charge in [-0.1, -0.05) is 31.5 Å². The number of aromatic nitrogens is 1. The van der Waals surface area contributed by atoms with Gasteiger partial charge in [-0.15, -0.1) is 11.6 Å². The van der Waals surface area contributed by atoms with Gasteiger partial charge in [-0.3, -0.25) is 9.59 Å². The summed E-state index contributed by atoms with van der Waals surface area (Å²) in [6.45, 7) is 8.23. The number of benzene rings is 1. The zero-order valence-corrected chi connectivity index (χ0v) is 19.9. The van der Waals surface area contributed by atoms with E-state index < -0.39 is 11.6 Å². The molecule has 2 aliphatic heterocycles. The first-order chi connectivity index (χ1) is 15.0. The molecule has 0 spiro atoms. The summed E-state index contributed by atoms with van der Waals surface area (Å²) in [4.78, 5) is 47.4. The summed E-state index contributed by atoms with van der Waals surface area (Å²) in [5.74, 6) is -0.697. The molecule has 1 aromatic carbocycles. The molecular formula is C23H24Cl2N4O3.